The van der Waals surface area contributed by atoms with Crippen LogP contribution >= 0.6 is 0 Å². The average Bonchev–Trinajstić information content (AvgIpc) is 2.51. The van der Waals surface area contributed by atoms with Gasteiger partial charge in [0.1, 0.15) is 0 Å². The standard InChI is InChI=1S/C6H6O2.3C3H4O2/c7-5-3-1-2-4-6(5)8;3*1-2-3(4)5/h1-4,7-8H;3*2H,1H2,(H,4,5). The van der Waals surface area contributed by atoms with Gasteiger partial charge in [0.25, 0.3) is 0 Å². The van der Waals surface area contributed by atoms with Crippen LogP contribution in [0.15, 0.2) is 62.2 Å². The molecule has 1 rings (SSSR count). The van der Waals surface area contributed by atoms with E-state index in [2.05, 4.69) is 19.7 Å². The van der Waals surface area contributed by atoms with Gasteiger partial charge in [0.2, 0.25) is 0 Å². The molecule has 8 nitrogen and oxygen atoms in total. The molecule has 0 aromatic heterocycles. The number of aliphatic carboxylic acids is 3. The summed E-state index contributed by atoms with van der Waals surface area (Å²) in [6.45, 7) is 8.88. The van der Waals surface area contributed by atoms with Crippen molar-refractivity contribution in [2.75, 3.05) is 0 Å². The minimum Gasteiger partial charge on any atom is -0.504 e. The molecule has 0 atom stereocenters. The molecule has 0 fully saturated rings. The number of rotatable bonds is 3. The smallest absolute Gasteiger partial charge is 0.327 e. The predicted molar refractivity (Wildman–Crippen MR) is 83.3 cm³/mol. The van der Waals surface area contributed by atoms with E-state index in [1.54, 1.807) is 12.1 Å². The summed E-state index contributed by atoms with van der Waals surface area (Å²) in [6, 6.07) is 6.15. The normalized spacial score (nSPS) is 7.30. The van der Waals surface area contributed by atoms with E-state index in [1.807, 2.05) is 0 Å². The molecule has 0 saturated carbocycles. The van der Waals surface area contributed by atoms with Gasteiger partial charge in [-0.25, -0.2) is 14.4 Å². The number of carboxylic acid groups (broad SMARTS) is 3. The third kappa shape index (κ3) is 27.6. The zero-order valence-corrected chi connectivity index (χ0v) is 12.1. The molecule has 0 spiro atoms. The summed E-state index contributed by atoms with van der Waals surface area (Å²) in [6.07, 6.45) is 2.50. The molecule has 0 saturated heterocycles. The predicted octanol–water partition coefficient (Wildman–Crippen LogP) is 1.87. The van der Waals surface area contributed by atoms with E-state index in [4.69, 9.17) is 25.5 Å². The molecule has 0 bridgehead atoms. The number of carbonyl (C=O) groups is 3. The Kier molecular flexibility index (Phi) is 17.6. The lowest BCUT2D eigenvalue weighted by Crippen LogP contribution is -1.82. The summed E-state index contributed by atoms with van der Waals surface area (Å²) >= 11 is 0. The zero-order chi connectivity index (χ0) is 18.8. The average molecular weight is 326 g/mol. The monoisotopic (exact) mass is 326 g/mol. The minimum absolute atomic E-state index is 0.0764. The van der Waals surface area contributed by atoms with E-state index < -0.39 is 17.9 Å². The van der Waals surface area contributed by atoms with Crippen LogP contribution in [0.25, 0.3) is 0 Å². The first-order valence-corrected chi connectivity index (χ1v) is 5.65. The Hall–Kier alpha value is -3.55. The molecule has 5 N–H and O–H groups in total. The van der Waals surface area contributed by atoms with Crippen molar-refractivity contribution >= 4 is 17.9 Å². The van der Waals surface area contributed by atoms with Gasteiger partial charge in [-0.15, -0.1) is 0 Å². The fraction of sp³-hybridized carbons (Fsp3) is 0. The molecule has 0 radical (unpaired) electrons. The van der Waals surface area contributed by atoms with Crippen LogP contribution in [0.4, 0.5) is 0 Å². The lowest BCUT2D eigenvalue weighted by Gasteiger charge is -1.91. The maximum atomic E-state index is 9.25. The van der Waals surface area contributed by atoms with Crippen molar-refractivity contribution in [1.29, 1.82) is 0 Å². The molecule has 23 heavy (non-hydrogen) atoms. The van der Waals surface area contributed by atoms with Crippen molar-refractivity contribution in [2.45, 2.75) is 0 Å². The third-order valence-corrected chi connectivity index (χ3v) is 1.41. The zero-order valence-electron chi connectivity index (χ0n) is 12.1. The molecule has 0 amide bonds. The molecule has 0 unspecified atom stereocenters. The second kappa shape index (κ2) is 16.5. The van der Waals surface area contributed by atoms with Crippen LogP contribution in [0.5, 0.6) is 11.5 Å². The second-order valence-corrected chi connectivity index (χ2v) is 3.12. The summed E-state index contributed by atoms with van der Waals surface area (Å²) in [4.78, 5) is 27.8. The quantitative estimate of drug-likeness (QED) is 0.417. The topological polar surface area (TPSA) is 152 Å². The Bertz CT molecular complexity index is 470. The van der Waals surface area contributed by atoms with Crippen LogP contribution in [0.2, 0.25) is 0 Å². The number of phenolic OH excluding ortho intramolecular Hbond substituents is 2. The highest BCUT2D eigenvalue weighted by molar-refractivity contribution is 5.79. The fourth-order valence-corrected chi connectivity index (χ4v) is 0.464. The molecule has 1 aromatic carbocycles. The van der Waals surface area contributed by atoms with Gasteiger partial charge in [0, 0.05) is 18.2 Å². The summed E-state index contributed by atoms with van der Waals surface area (Å²) in [5, 5.41) is 40.2. The summed E-state index contributed by atoms with van der Waals surface area (Å²) in [5.41, 5.74) is 0. The Morgan fingerprint density at radius 1 is 0.696 bits per heavy atom. The number of benzene rings is 1. The van der Waals surface area contributed by atoms with Gasteiger partial charge in [-0.2, -0.15) is 0 Å². The van der Waals surface area contributed by atoms with Gasteiger partial charge in [-0.1, -0.05) is 31.9 Å². The van der Waals surface area contributed by atoms with Crippen molar-refractivity contribution < 1.29 is 39.9 Å². The van der Waals surface area contributed by atoms with E-state index in [9.17, 15) is 14.4 Å². The van der Waals surface area contributed by atoms with Crippen LogP contribution in [0.1, 0.15) is 0 Å². The van der Waals surface area contributed by atoms with Gasteiger partial charge in [0.05, 0.1) is 0 Å². The van der Waals surface area contributed by atoms with Crippen LogP contribution < -0.4 is 0 Å². The van der Waals surface area contributed by atoms with E-state index in [0.717, 1.165) is 18.2 Å². The Morgan fingerprint density at radius 3 is 0.957 bits per heavy atom. The fourth-order valence-electron chi connectivity index (χ4n) is 0.464. The number of hydrogen-bond donors (Lipinski definition) is 5. The highest BCUT2D eigenvalue weighted by Crippen LogP contribution is 2.21. The first kappa shape index (κ1) is 24.5. The van der Waals surface area contributed by atoms with E-state index in [0.29, 0.717) is 0 Å². The Morgan fingerprint density at radius 2 is 0.870 bits per heavy atom. The van der Waals surface area contributed by atoms with Gasteiger partial charge in [-0.05, 0) is 12.1 Å². The number of carboxylic acids is 3. The molecule has 1 aromatic rings. The van der Waals surface area contributed by atoms with E-state index >= 15 is 0 Å². The summed E-state index contributed by atoms with van der Waals surface area (Å²) < 4.78 is 0. The number of phenols is 2. The summed E-state index contributed by atoms with van der Waals surface area (Å²) in [7, 11) is 0. The Labute approximate surface area is 132 Å². The van der Waals surface area contributed by atoms with E-state index in [-0.39, 0.29) is 11.5 Å². The van der Waals surface area contributed by atoms with Crippen molar-refractivity contribution in [1.82, 2.24) is 0 Å². The van der Waals surface area contributed by atoms with Gasteiger partial charge in [-0.3, -0.25) is 0 Å². The molecule has 0 aliphatic rings. The molecule has 0 aliphatic carbocycles. The third-order valence-electron chi connectivity index (χ3n) is 1.41. The van der Waals surface area contributed by atoms with Crippen LogP contribution in [-0.4, -0.2) is 43.4 Å². The van der Waals surface area contributed by atoms with Crippen LogP contribution in [0.3, 0.4) is 0 Å². The second-order valence-electron chi connectivity index (χ2n) is 3.12. The molecule has 126 valence electrons. The van der Waals surface area contributed by atoms with Crippen LogP contribution in [0, 0.1) is 0 Å². The minimum atomic E-state index is -0.981. The first-order valence-electron chi connectivity index (χ1n) is 5.65. The SMILES string of the molecule is C=CC(=O)O.C=CC(=O)O.C=CC(=O)O.Oc1ccccc1O. The van der Waals surface area contributed by atoms with E-state index in [1.165, 1.54) is 12.1 Å². The molecular weight excluding hydrogens is 308 g/mol. The lowest BCUT2D eigenvalue weighted by atomic mass is 10.3. The van der Waals surface area contributed by atoms with Gasteiger partial charge >= 0.3 is 17.9 Å². The highest BCUT2D eigenvalue weighted by Gasteiger charge is 1.90. The summed E-state index contributed by atoms with van der Waals surface area (Å²) in [5.74, 6) is -3.10. The van der Waals surface area contributed by atoms with Crippen molar-refractivity contribution in [3.8, 4) is 11.5 Å². The maximum Gasteiger partial charge on any atom is 0.327 e. The number of para-hydroxylation sites is 2. The van der Waals surface area contributed by atoms with Gasteiger partial charge < -0.3 is 25.5 Å². The largest absolute Gasteiger partial charge is 0.504 e. The van der Waals surface area contributed by atoms with Crippen LogP contribution in [-0.2, 0) is 14.4 Å². The molecule has 8 heteroatoms. The van der Waals surface area contributed by atoms with Gasteiger partial charge in [0.15, 0.2) is 11.5 Å². The number of hydrogen-bond acceptors (Lipinski definition) is 5. The maximum absolute atomic E-state index is 9.25. The van der Waals surface area contributed by atoms with Crippen molar-refractivity contribution in [3.63, 3.8) is 0 Å². The Balaban J connectivity index is -0.000000240. The highest BCUT2D eigenvalue weighted by atomic mass is 16.4. The first-order chi connectivity index (χ1) is 10.6. The van der Waals surface area contributed by atoms with Crippen molar-refractivity contribution in [3.05, 3.63) is 62.2 Å². The molecule has 0 aliphatic heterocycles. The van der Waals surface area contributed by atoms with Crippen molar-refractivity contribution in [2.24, 2.45) is 0 Å². The lowest BCUT2D eigenvalue weighted by molar-refractivity contribution is -0.132. The number of aromatic hydroxyl groups is 2. The molecule has 0 heterocycles. The molecular formula is C15H18O8.